The molecule has 160 valence electrons. The van der Waals surface area contributed by atoms with Crippen LogP contribution in [0.25, 0.3) is 0 Å². The largest absolute Gasteiger partial charge is 0.347 e. The van der Waals surface area contributed by atoms with Gasteiger partial charge in [0.15, 0.2) is 5.78 Å². The van der Waals surface area contributed by atoms with Crippen molar-refractivity contribution in [3.63, 3.8) is 0 Å². The van der Waals surface area contributed by atoms with Gasteiger partial charge in [0.05, 0.1) is 19.6 Å². The normalized spacial score (nSPS) is 12.5. The lowest BCUT2D eigenvalue weighted by molar-refractivity contribution is -0.131. The highest BCUT2D eigenvalue weighted by Crippen LogP contribution is 2.05. The zero-order valence-electron chi connectivity index (χ0n) is 17.4. The molecule has 0 aliphatic carbocycles. The van der Waals surface area contributed by atoms with Crippen LogP contribution < -0.4 is 21.3 Å². The lowest BCUT2D eigenvalue weighted by Crippen LogP contribution is -2.51. The maximum Gasteiger partial charge on any atom is 0.243 e. The molecule has 8 nitrogen and oxygen atoms in total. The Morgan fingerprint density at radius 1 is 0.897 bits per heavy atom. The number of benzene rings is 1. The summed E-state index contributed by atoms with van der Waals surface area (Å²) in [7, 11) is 0. The molecular weight excluding hydrogens is 372 g/mol. The van der Waals surface area contributed by atoms with E-state index in [-0.39, 0.29) is 43.7 Å². The molecule has 8 heteroatoms. The first-order valence-electron chi connectivity index (χ1n) is 9.98. The molecule has 4 N–H and O–H groups in total. The average molecular weight is 405 g/mol. The molecule has 1 rings (SSSR count). The van der Waals surface area contributed by atoms with Gasteiger partial charge in [-0.25, -0.2) is 0 Å². The summed E-state index contributed by atoms with van der Waals surface area (Å²) < 4.78 is 0. The van der Waals surface area contributed by atoms with E-state index in [1.165, 1.54) is 0 Å². The zero-order chi connectivity index (χ0) is 21.6. The van der Waals surface area contributed by atoms with Gasteiger partial charge in [0.25, 0.3) is 0 Å². The fraction of sp³-hybridized carbons (Fsp3) is 0.524. The fourth-order valence-corrected chi connectivity index (χ4v) is 2.48. The molecule has 2 unspecified atom stereocenters. The van der Waals surface area contributed by atoms with Crippen LogP contribution in [-0.2, 0) is 25.6 Å². The number of carbonyl (C=O) groups excluding carboxylic acids is 4. The number of nitrogens with one attached hydrogen (secondary N) is 4. The van der Waals surface area contributed by atoms with Crippen LogP contribution in [0.5, 0.6) is 0 Å². The van der Waals surface area contributed by atoms with Crippen molar-refractivity contribution in [1.82, 2.24) is 21.3 Å². The number of hydrogen-bond donors (Lipinski definition) is 4. The molecule has 0 saturated heterocycles. The van der Waals surface area contributed by atoms with Crippen molar-refractivity contribution in [2.24, 2.45) is 5.92 Å². The van der Waals surface area contributed by atoms with E-state index in [1.54, 1.807) is 0 Å². The third-order valence-electron chi connectivity index (χ3n) is 4.51. The number of Topliss-reactive ketones (excluding diaryl/α,β-unsaturated/α-hetero) is 1. The number of rotatable bonds is 13. The van der Waals surface area contributed by atoms with Crippen molar-refractivity contribution in [2.45, 2.75) is 39.7 Å². The Labute approximate surface area is 172 Å². The van der Waals surface area contributed by atoms with E-state index < -0.39 is 17.9 Å². The van der Waals surface area contributed by atoms with Gasteiger partial charge in [0.1, 0.15) is 6.04 Å². The number of likely N-dealkylation sites (N-methyl/N-ethyl adjacent to an activating group) is 1. The number of amides is 3. The van der Waals surface area contributed by atoms with Crippen LogP contribution >= 0.6 is 0 Å². The van der Waals surface area contributed by atoms with Gasteiger partial charge >= 0.3 is 0 Å². The topological polar surface area (TPSA) is 116 Å². The molecule has 0 spiro atoms. The van der Waals surface area contributed by atoms with E-state index in [2.05, 4.69) is 21.3 Å². The third kappa shape index (κ3) is 9.84. The van der Waals surface area contributed by atoms with Crippen LogP contribution in [0.4, 0.5) is 0 Å². The molecule has 1 aromatic carbocycles. The van der Waals surface area contributed by atoms with E-state index in [1.807, 2.05) is 51.1 Å². The Balaban J connectivity index is 2.67. The Morgan fingerprint density at radius 3 is 2.21 bits per heavy atom. The smallest absolute Gasteiger partial charge is 0.243 e. The second kappa shape index (κ2) is 13.4. The van der Waals surface area contributed by atoms with Gasteiger partial charge in [0, 0.05) is 12.3 Å². The summed E-state index contributed by atoms with van der Waals surface area (Å²) in [6, 6.07) is 8.42. The molecule has 0 heterocycles. The first-order chi connectivity index (χ1) is 13.9. The highest BCUT2D eigenvalue weighted by atomic mass is 16.2. The summed E-state index contributed by atoms with van der Waals surface area (Å²) in [4.78, 5) is 48.4. The molecule has 0 bridgehead atoms. The number of hydrogen-bond acceptors (Lipinski definition) is 5. The van der Waals surface area contributed by atoms with E-state index in [0.717, 1.165) is 5.56 Å². The summed E-state index contributed by atoms with van der Waals surface area (Å²) in [5, 5.41) is 10.6. The molecule has 1 aromatic rings. The van der Waals surface area contributed by atoms with Crippen molar-refractivity contribution in [3.05, 3.63) is 35.9 Å². The van der Waals surface area contributed by atoms with Gasteiger partial charge in [-0.3, -0.25) is 19.2 Å². The van der Waals surface area contributed by atoms with Crippen molar-refractivity contribution >= 4 is 23.5 Å². The summed E-state index contributed by atoms with van der Waals surface area (Å²) in [6.45, 7) is 6.06. The summed E-state index contributed by atoms with van der Waals surface area (Å²) in [5.74, 6) is -1.40. The predicted octanol–water partition coefficient (Wildman–Crippen LogP) is 0.171. The zero-order valence-corrected chi connectivity index (χ0v) is 17.4. The van der Waals surface area contributed by atoms with Crippen LogP contribution in [0.2, 0.25) is 0 Å². The van der Waals surface area contributed by atoms with Crippen molar-refractivity contribution in [2.75, 3.05) is 26.2 Å². The van der Waals surface area contributed by atoms with Gasteiger partial charge in [-0.15, -0.1) is 0 Å². The summed E-state index contributed by atoms with van der Waals surface area (Å²) in [5.41, 5.74) is 0.873. The first-order valence-corrected chi connectivity index (χ1v) is 9.98. The molecule has 3 amide bonds. The standard InChI is InChI=1S/C21H32N4O4/c1-4-15(3)18(26)12-24-21(29)17(11-16-9-7-6-8-10-16)25-20(28)14-23-19(27)13-22-5-2/h6-10,15,17,22H,4-5,11-14H2,1-3H3,(H,23,27)(H,24,29)(H,25,28). The van der Waals surface area contributed by atoms with Gasteiger partial charge in [-0.2, -0.15) is 0 Å². The summed E-state index contributed by atoms with van der Waals surface area (Å²) >= 11 is 0. The van der Waals surface area contributed by atoms with E-state index in [0.29, 0.717) is 13.0 Å². The molecule has 29 heavy (non-hydrogen) atoms. The Hall–Kier alpha value is -2.74. The monoisotopic (exact) mass is 404 g/mol. The van der Waals surface area contributed by atoms with E-state index in [9.17, 15) is 19.2 Å². The van der Waals surface area contributed by atoms with Crippen molar-refractivity contribution in [1.29, 1.82) is 0 Å². The van der Waals surface area contributed by atoms with Crippen molar-refractivity contribution in [3.8, 4) is 0 Å². The Kier molecular flexibility index (Phi) is 11.3. The maximum atomic E-state index is 12.6. The van der Waals surface area contributed by atoms with Crippen LogP contribution in [0.15, 0.2) is 30.3 Å². The van der Waals surface area contributed by atoms with Gasteiger partial charge in [-0.1, -0.05) is 51.1 Å². The Bertz CT molecular complexity index is 679. The molecular formula is C21H32N4O4. The Morgan fingerprint density at radius 2 is 1.59 bits per heavy atom. The molecule has 0 fully saturated rings. The highest BCUT2D eigenvalue weighted by molar-refractivity contribution is 5.93. The lowest BCUT2D eigenvalue weighted by atomic mass is 10.0. The SMILES string of the molecule is CCNCC(=O)NCC(=O)NC(Cc1ccccc1)C(=O)NCC(=O)C(C)CC. The van der Waals surface area contributed by atoms with Gasteiger partial charge in [0.2, 0.25) is 17.7 Å². The quantitative estimate of drug-likeness (QED) is 0.374. The second-order valence-electron chi connectivity index (χ2n) is 6.86. The lowest BCUT2D eigenvalue weighted by Gasteiger charge is -2.19. The molecule has 0 aromatic heterocycles. The molecule has 0 radical (unpaired) electrons. The number of ketones is 1. The minimum atomic E-state index is -0.847. The molecule has 0 aliphatic rings. The molecule has 0 saturated carbocycles. The number of carbonyl (C=O) groups is 4. The van der Waals surface area contributed by atoms with Crippen LogP contribution in [0, 0.1) is 5.92 Å². The third-order valence-corrected chi connectivity index (χ3v) is 4.51. The maximum absolute atomic E-state index is 12.6. The highest BCUT2D eigenvalue weighted by Gasteiger charge is 2.22. The molecule has 0 aliphatic heterocycles. The fourth-order valence-electron chi connectivity index (χ4n) is 2.48. The summed E-state index contributed by atoms with van der Waals surface area (Å²) in [6.07, 6.45) is 0.979. The van der Waals surface area contributed by atoms with E-state index in [4.69, 9.17) is 0 Å². The van der Waals surface area contributed by atoms with Crippen LogP contribution in [-0.4, -0.2) is 55.7 Å². The van der Waals surface area contributed by atoms with Crippen molar-refractivity contribution < 1.29 is 19.2 Å². The van der Waals surface area contributed by atoms with E-state index >= 15 is 0 Å². The second-order valence-corrected chi connectivity index (χ2v) is 6.86. The van der Waals surface area contributed by atoms with Gasteiger partial charge < -0.3 is 21.3 Å². The molecule has 2 atom stereocenters. The van der Waals surface area contributed by atoms with Gasteiger partial charge in [-0.05, 0) is 18.5 Å². The first kappa shape index (κ1) is 24.3. The average Bonchev–Trinajstić information content (AvgIpc) is 2.73. The minimum Gasteiger partial charge on any atom is -0.347 e. The predicted molar refractivity (Wildman–Crippen MR) is 111 cm³/mol. The van der Waals surface area contributed by atoms with Crippen LogP contribution in [0.1, 0.15) is 32.8 Å². The minimum absolute atomic E-state index is 0.0543. The van der Waals surface area contributed by atoms with Crippen LogP contribution in [0.3, 0.4) is 0 Å².